The van der Waals surface area contributed by atoms with Crippen molar-refractivity contribution in [2.75, 3.05) is 26.2 Å². The summed E-state index contributed by atoms with van der Waals surface area (Å²) in [7, 11) is 0. The average Bonchev–Trinajstić information content (AvgIpc) is 2.66. The number of carbonyl (C=O) groups is 3. The second kappa shape index (κ2) is 6.80. The molecule has 0 unspecified atom stereocenters. The van der Waals surface area contributed by atoms with Crippen molar-refractivity contribution in [1.82, 2.24) is 19.6 Å². The van der Waals surface area contributed by atoms with Crippen LogP contribution in [-0.4, -0.2) is 63.5 Å². The Morgan fingerprint density at radius 2 is 1.83 bits per heavy atom. The van der Waals surface area contributed by atoms with E-state index >= 15 is 0 Å². The smallest absolute Gasteiger partial charge is 0.244 e. The highest BCUT2D eigenvalue weighted by atomic mass is 16.2. The van der Waals surface area contributed by atoms with E-state index in [4.69, 9.17) is 5.73 Å². The van der Waals surface area contributed by atoms with E-state index in [0.29, 0.717) is 13.1 Å². The maximum absolute atomic E-state index is 12.5. The summed E-state index contributed by atoms with van der Waals surface area (Å²) in [4.78, 5) is 38.9. The molecule has 2 heterocycles. The molecule has 126 valence electrons. The van der Waals surface area contributed by atoms with E-state index in [-0.39, 0.29) is 31.4 Å². The van der Waals surface area contributed by atoms with Crippen molar-refractivity contribution in [3.63, 3.8) is 0 Å². The summed E-state index contributed by atoms with van der Waals surface area (Å²) in [5.74, 6) is -1.30. The molecule has 0 radical (unpaired) electrons. The van der Waals surface area contributed by atoms with Crippen LogP contribution in [0.5, 0.6) is 0 Å². The first-order valence-corrected chi connectivity index (χ1v) is 7.61. The maximum Gasteiger partial charge on any atom is 0.244 e. The quantitative estimate of drug-likeness (QED) is 0.794. The van der Waals surface area contributed by atoms with Gasteiger partial charge in [0.25, 0.3) is 0 Å². The molecule has 3 amide bonds. The van der Waals surface area contributed by atoms with Crippen LogP contribution in [0.25, 0.3) is 0 Å². The van der Waals surface area contributed by atoms with Gasteiger partial charge in [-0.05, 0) is 19.9 Å². The molecule has 1 atom stereocenters. The number of hydrogen-bond donors (Lipinski definition) is 1. The highest BCUT2D eigenvalue weighted by molar-refractivity contribution is 5.81. The van der Waals surface area contributed by atoms with E-state index in [1.165, 1.54) is 6.92 Å². The molecule has 1 aromatic rings. The number of primary amides is 1. The van der Waals surface area contributed by atoms with Gasteiger partial charge in [-0.25, -0.2) is 0 Å². The molecule has 0 aliphatic carbocycles. The summed E-state index contributed by atoms with van der Waals surface area (Å²) in [5.41, 5.74) is 7.16. The molecular weight excluding hydrogens is 298 g/mol. The van der Waals surface area contributed by atoms with Gasteiger partial charge in [0.1, 0.15) is 6.54 Å². The van der Waals surface area contributed by atoms with Crippen molar-refractivity contribution in [1.29, 1.82) is 0 Å². The minimum absolute atomic E-state index is 0.116. The van der Waals surface area contributed by atoms with Crippen LogP contribution in [0.4, 0.5) is 0 Å². The van der Waals surface area contributed by atoms with E-state index in [2.05, 4.69) is 5.10 Å². The lowest BCUT2D eigenvalue weighted by atomic mass is 10.1. The SMILES string of the molecule is CC(=O)N1CCN(C(=O)Cn2nc(C)cc2C)C[C@@H](C(N)=O)C1. The second-order valence-electron chi connectivity index (χ2n) is 5.99. The van der Waals surface area contributed by atoms with Gasteiger partial charge >= 0.3 is 0 Å². The van der Waals surface area contributed by atoms with Crippen LogP contribution in [0.15, 0.2) is 6.07 Å². The van der Waals surface area contributed by atoms with Crippen LogP contribution in [0.2, 0.25) is 0 Å². The number of aromatic nitrogens is 2. The van der Waals surface area contributed by atoms with Crippen LogP contribution in [0, 0.1) is 19.8 Å². The molecule has 0 bridgehead atoms. The predicted octanol–water partition coefficient (Wildman–Crippen LogP) is -0.708. The van der Waals surface area contributed by atoms with Gasteiger partial charge in [-0.15, -0.1) is 0 Å². The zero-order chi connectivity index (χ0) is 17.1. The Morgan fingerprint density at radius 1 is 1.22 bits per heavy atom. The summed E-state index contributed by atoms with van der Waals surface area (Å²) in [6.45, 7) is 6.61. The second-order valence-corrected chi connectivity index (χ2v) is 5.99. The van der Waals surface area contributed by atoms with Crippen molar-refractivity contribution in [3.05, 3.63) is 17.5 Å². The van der Waals surface area contributed by atoms with Crippen molar-refractivity contribution in [2.24, 2.45) is 11.7 Å². The molecule has 2 rings (SSSR count). The summed E-state index contributed by atoms with van der Waals surface area (Å²) in [6.07, 6.45) is 0. The molecule has 1 aliphatic rings. The fourth-order valence-electron chi connectivity index (χ4n) is 2.77. The van der Waals surface area contributed by atoms with Gasteiger partial charge in [-0.1, -0.05) is 0 Å². The summed E-state index contributed by atoms with van der Waals surface area (Å²) in [5, 5.41) is 4.28. The fourth-order valence-corrected chi connectivity index (χ4v) is 2.77. The largest absolute Gasteiger partial charge is 0.369 e. The minimum Gasteiger partial charge on any atom is -0.369 e. The molecule has 1 aliphatic heterocycles. The van der Waals surface area contributed by atoms with E-state index < -0.39 is 11.8 Å². The molecule has 1 saturated heterocycles. The third-order valence-corrected chi connectivity index (χ3v) is 4.11. The first-order valence-electron chi connectivity index (χ1n) is 7.61. The van der Waals surface area contributed by atoms with Gasteiger partial charge in [-0.3, -0.25) is 19.1 Å². The van der Waals surface area contributed by atoms with Gasteiger partial charge in [0.05, 0.1) is 11.6 Å². The van der Waals surface area contributed by atoms with Crippen LogP contribution < -0.4 is 5.73 Å². The molecule has 2 N–H and O–H groups in total. The normalized spacial score (nSPS) is 18.7. The van der Waals surface area contributed by atoms with E-state index in [1.54, 1.807) is 14.5 Å². The monoisotopic (exact) mass is 321 g/mol. The number of hydrogen-bond acceptors (Lipinski definition) is 4. The Morgan fingerprint density at radius 3 is 2.35 bits per heavy atom. The molecule has 1 aromatic heterocycles. The molecule has 0 spiro atoms. The van der Waals surface area contributed by atoms with Gasteiger partial charge in [0.2, 0.25) is 17.7 Å². The van der Waals surface area contributed by atoms with Gasteiger partial charge < -0.3 is 15.5 Å². The number of carbonyl (C=O) groups excluding carboxylic acids is 3. The number of nitrogens with zero attached hydrogens (tertiary/aromatic N) is 4. The number of nitrogens with two attached hydrogens (primary N) is 1. The van der Waals surface area contributed by atoms with E-state index in [0.717, 1.165) is 11.4 Å². The Hall–Kier alpha value is -2.38. The standard InChI is InChI=1S/C15H23N5O3/c1-10-6-11(2)20(17-10)9-14(22)19-5-4-18(12(3)21)7-13(8-19)15(16)23/h6,13H,4-5,7-9H2,1-3H3,(H2,16,23)/t13-/m0/s1. The number of aryl methyl sites for hydroxylation is 2. The molecule has 0 aromatic carbocycles. The Balaban J connectivity index is 2.11. The summed E-state index contributed by atoms with van der Waals surface area (Å²) < 4.78 is 1.64. The Kier molecular flexibility index (Phi) is 5.02. The average molecular weight is 321 g/mol. The first-order chi connectivity index (χ1) is 10.8. The molecule has 1 fully saturated rings. The molecule has 23 heavy (non-hydrogen) atoms. The third-order valence-electron chi connectivity index (χ3n) is 4.11. The van der Waals surface area contributed by atoms with Crippen LogP contribution in [0.3, 0.4) is 0 Å². The van der Waals surface area contributed by atoms with Gasteiger partial charge in [0.15, 0.2) is 0 Å². The van der Waals surface area contributed by atoms with E-state index in [9.17, 15) is 14.4 Å². The maximum atomic E-state index is 12.5. The lowest BCUT2D eigenvalue weighted by Crippen LogP contribution is -2.42. The zero-order valence-electron chi connectivity index (χ0n) is 13.8. The van der Waals surface area contributed by atoms with Crippen LogP contribution in [0.1, 0.15) is 18.3 Å². The van der Waals surface area contributed by atoms with Crippen molar-refractivity contribution < 1.29 is 14.4 Å². The fraction of sp³-hybridized carbons (Fsp3) is 0.600. The van der Waals surface area contributed by atoms with Crippen LogP contribution >= 0.6 is 0 Å². The van der Waals surface area contributed by atoms with Gasteiger partial charge in [0, 0.05) is 38.8 Å². The molecule has 0 saturated carbocycles. The number of amides is 3. The lowest BCUT2D eigenvalue weighted by molar-refractivity contribution is -0.133. The van der Waals surface area contributed by atoms with Crippen molar-refractivity contribution >= 4 is 17.7 Å². The van der Waals surface area contributed by atoms with E-state index in [1.807, 2.05) is 19.9 Å². The minimum atomic E-state index is -0.550. The highest BCUT2D eigenvalue weighted by Gasteiger charge is 2.30. The molecule has 8 heteroatoms. The third kappa shape index (κ3) is 4.08. The Labute approximate surface area is 135 Å². The lowest BCUT2D eigenvalue weighted by Gasteiger charge is -2.22. The molecular formula is C15H23N5O3. The predicted molar refractivity (Wildman–Crippen MR) is 83.2 cm³/mol. The summed E-state index contributed by atoms with van der Waals surface area (Å²) in [6, 6.07) is 1.90. The highest BCUT2D eigenvalue weighted by Crippen LogP contribution is 2.11. The van der Waals surface area contributed by atoms with Crippen molar-refractivity contribution in [2.45, 2.75) is 27.3 Å². The summed E-state index contributed by atoms with van der Waals surface area (Å²) >= 11 is 0. The zero-order valence-corrected chi connectivity index (χ0v) is 13.8. The van der Waals surface area contributed by atoms with Gasteiger partial charge in [-0.2, -0.15) is 5.10 Å². The topological polar surface area (TPSA) is 102 Å². The number of rotatable bonds is 3. The van der Waals surface area contributed by atoms with Crippen molar-refractivity contribution in [3.8, 4) is 0 Å². The van der Waals surface area contributed by atoms with Crippen LogP contribution in [-0.2, 0) is 20.9 Å². The first kappa shape index (κ1) is 17.0. The molecule has 8 nitrogen and oxygen atoms in total. The Bertz CT molecular complexity index is 625.